The lowest BCUT2D eigenvalue weighted by Crippen LogP contribution is -2.00. The average Bonchev–Trinajstić information content (AvgIpc) is 3.33. The summed E-state index contributed by atoms with van der Waals surface area (Å²) in [5.41, 5.74) is 4.88. The van der Waals surface area contributed by atoms with Crippen molar-refractivity contribution in [3.63, 3.8) is 0 Å². The Kier molecular flexibility index (Phi) is 5.59. The van der Waals surface area contributed by atoms with Crippen molar-refractivity contribution in [2.75, 3.05) is 0 Å². The van der Waals surface area contributed by atoms with Gasteiger partial charge in [0.15, 0.2) is 11.6 Å². The molecule has 7 heteroatoms. The smallest absolute Gasteiger partial charge is 0.160 e. The number of hydrogen-bond donors (Lipinski definition) is 0. The maximum Gasteiger partial charge on any atom is 0.160 e. The standard InChI is InChI=1S/C10H12IN3.C10H13N3/c1-7-4-5-8(2)14(7)10-6-9(11)13(3)12-10;1-8-4-5-9(2)13(8)10-6-7-12(3)11-10/h4-6H,1-3H3;4-7H,1-3H3. The number of aromatic nitrogens is 6. The molecule has 4 aromatic heterocycles. The maximum atomic E-state index is 4.45. The Hall–Kier alpha value is -2.29. The molecule has 0 spiro atoms. The Morgan fingerprint density at radius 2 is 1.19 bits per heavy atom. The molecule has 0 N–H and O–H groups in total. The quantitative estimate of drug-likeness (QED) is 0.406. The van der Waals surface area contributed by atoms with Gasteiger partial charge in [-0.2, -0.15) is 10.2 Å². The summed E-state index contributed by atoms with van der Waals surface area (Å²) in [5.74, 6) is 1.99. The summed E-state index contributed by atoms with van der Waals surface area (Å²) in [7, 11) is 3.89. The lowest BCUT2D eigenvalue weighted by Gasteiger charge is -2.03. The van der Waals surface area contributed by atoms with Gasteiger partial charge in [0.1, 0.15) is 3.70 Å². The summed E-state index contributed by atoms with van der Waals surface area (Å²) in [4.78, 5) is 0. The van der Waals surface area contributed by atoms with Gasteiger partial charge in [-0.25, -0.2) is 0 Å². The van der Waals surface area contributed by atoms with Crippen molar-refractivity contribution in [1.82, 2.24) is 28.7 Å². The molecule has 0 unspecified atom stereocenters. The fourth-order valence-corrected chi connectivity index (χ4v) is 3.51. The van der Waals surface area contributed by atoms with Crippen LogP contribution in [-0.2, 0) is 14.1 Å². The zero-order valence-corrected chi connectivity index (χ0v) is 18.8. The van der Waals surface area contributed by atoms with E-state index in [0.29, 0.717) is 0 Å². The number of aryl methyl sites for hydroxylation is 6. The van der Waals surface area contributed by atoms with Gasteiger partial charge in [0.25, 0.3) is 0 Å². The Bertz CT molecular complexity index is 1000. The summed E-state index contributed by atoms with van der Waals surface area (Å²) in [6.07, 6.45) is 1.95. The van der Waals surface area contributed by atoms with Gasteiger partial charge in [-0.15, -0.1) is 0 Å². The first kappa shape index (κ1) is 19.5. The second kappa shape index (κ2) is 7.75. The first-order chi connectivity index (χ1) is 12.8. The summed E-state index contributed by atoms with van der Waals surface area (Å²) in [5, 5.41) is 8.80. The number of halogens is 1. The van der Waals surface area contributed by atoms with Crippen molar-refractivity contribution in [3.8, 4) is 11.6 Å². The van der Waals surface area contributed by atoms with E-state index in [4.69, 9.17) is 0 Å². The molecule has 4 aromatic rings. The molecular weight excluding hydrogens is 451 g/mol. The molecule has 0 fully saturated rings. The third-order valence-electron chi connectivity index (χ3n) is 4.51. The predicted octanol–water partition coefficient (Wildman–Crippen LogP) is 4.26. The van der Waals surface area contributed by atoms with E-state index in [1.54, 1.807) is 0 Å². The van der Waals surface area contributed by atoms with Crippen LogP contribution in [0, 0.1) is 31.4 Å². The van der Waals surface area contributed by atoms with Gasteiger partial charge < -0.3 is 9.13 Å². The minimum atomic E-state index is 0.988. The van der Waals surface area contributed by atoms with Crippen molar-refractivity contribution < 1.29 is 0 Å². The Balaban J connectivity index is 0.000000156. The average molecular weight is 476 g/mol. The van der Waals surface area contributed by atoms with Gasteiger partial charge >= 0.3 is 0 Å². The monoisotopic (exact) mass is 476 g/mol. The van der Waals surface area contributed by atoms with Crippen LogP contribution in [0.15, 0.2) is 42.6 Å². The van der Waals surface area contributed by atoms with E-state index in [1.807, 2.05) is 35.7 Å². The molecule has 0 saturated carbocycles. The molecule has 0 radical (unpaired) electrons. The molecular formula is C20H25IN6. The molecule has 0 bridgehead atoms. The summed E-state index contributed by atoms with van der Waals surface area (Å²) in [6, 6.07) is 12.5. The summed E-state index contributed by atoms with van der Waals surface area (Å²) < 4.78 is 9.13. The number of hydrogen-bond acceptors (Lipinski definition) is 2. The Morgan fingerprint density at radius 3 is 1.56 bits per heavy atom. The van der Waals surface area contributed by atoms with Crippen LogP contribution in [0.5, 0.6) is 0 Å². The molecule has 4 rings (SSSR count). The van der Waals surface area contributed by atoms with Gasteiger partial charge in [0.05, 0.1) is 0 Å². The molecule has 0 atom stereocenters. The third kappa shape index (κ3) is 4.02. The molecule has 27 heavy (non-hydrogen) atoms. The highest BCUT2D eigenvalue weighted by atomic mass is 127. The van der Waals surface area contributed by atoms with Crippen LogP contribution in [0.3, 0.4) is 0 Å². The second-order valence-electron chi connectivity index (χ2n) is 6.70. The Labute approximate surface area is 173 Å². The van der Waals surface area contributed by atoms with Crippen molar-refractivity contribution in [2.24, 2.45) is 14.1 Å². The Morgan fingerprint density at radius 1 is 0.704 bits per heavy atom. The van der Waals surface area contributed by atoms with Gasteiger partial charge in [-0.05, 0) is 74.6 Å². The van der Waals surface area contributed by atoms with E-state index in [0.717, 1.165) is 15.3 Å². The highest BCUT2D eigenvalue weighted by Gasteiger charge is 2.08. The van der Waals surface area contributed by atoms with E-state index in [-0.39, 0.29) is 0 Å². The molecule has 4 heterocycles. The fourth-order valence-electron chi connectivity index (χ4n) is 3.12. The van der Waals surface area contributed by atoms with E-state index < -0.39 is 0 Å². The highest BCUT2D eigenvalue weighted by molar-refractivity contribution is 14.1. The van der Waals surface area contributed by atoms with Gasteiger partial charge in [0, 0.05) is 55.2 Å². The SMILES string of the molecule is Cc1ccc(C)n1-c1cc(I)n(C)n1.Cc1ccc(C)n1-c1ccn(C)n1. The maximum absolute atomic E-state index is 4.45. The molecule has 0 amide bonds. The molecule has 0 aliphatic heterocycles. The highest BCUT2D eigenvalue weighted by Crippen LogP contribution is 2.16. The van der Waals surface area contributed by atoms with Crippen molar-refractivity contribution in [3.05, 3.63) is 69.1 Å². The molecule has 142 valence electrons. The zero-order chi connectivity index (χ0) is 19.7. The minimum absolute atomic E-state index is 0.988. The molecule has 6 nitrogen and oxygen atoms in total. The van der Waals surface area contributed by atoms with Crippen molar-refractivity contribution in [1.29, 1.82) is 0 Å². The van der Waals surface area contributed by atoms with Crippen LogP contribution in [0.25, 0.3) is 11.6 Å². The third-order valence-corrected chi connectivity index (χ3v) is 5.52. The largest absolute Gasteiger partial charge is 0.302 e. The van der Waals surface area contributed by atoms with Gasteiger partial charge in [-0.3, -0.25) is 9.36 Å². The first-order valence-corrected chi connectivity index (χ1v) is 9.85. The van der Waals surface area contributed by atoms with E-state index in [2.05, 4.69) is 99.9 Å². The lowest BCUT2D eigenvalue weighted by atomic mass is 10.5. The molecule has 0 aliphatic carbocycles. The molecule has 0 aliphatic rings. The summed E-state index contributed by atoms with van der Waals surface area (Å²) >= 11 is 2.28. The topological polar surface area (TPSA) is 45.5 Å². The minimum Gasteiger partial charge on any atom is -0.302 e. The van der Waals surface area contributed by atoms with Crippen molar-refractivity contribution in [2.45, 2.75) is 27.7 Å². The van der Waals surface area contributed by atoms with Crippen molar-refractivity contribution >= 4 is 22.6 Å². The second-order valence-corrected chi connectivity index (χ2v) is 7.80. The van der Waals surface area contributed by atoms with Crippen LogP contribution in [0.2, 0.25) is 0 Å². The number of rotatable bonds is 2. The number of nitrogens with zero attached hydrogens (tertiary/aromatic N) is 6. The molecule has 0 saturated heterocycles. The van der Waals surface area contributed by atoms with Crippen LogP contribution >= 0.6 is 22.6 Å². The van der Waals surface area contributed by atoms with Crippen LogP contribution in [-0.4, -0.2) is 28.7 Å². The van der Waals surface area contributed by atoms with Crippen LogP contribution in [0.1, 0.15) is 22.8 Å². The zero-order valence-electron chi connectivity index (χ0n) is 16.6. The lowest BCUT2D eigenvalue weighted by molar-refractivity contribution is 0.729. The van der Waals surface area contributed by atoms with E-state index in [1.165, 1.54) is 22.8 Å². The molecule has 0 aromatic carbocycles. The summed E-state index contributed by atoms with van der Waals surface area (Å²) in [6.45, 7) is 8.35. The predicted molar refractivity (Wildman–Crippen MR) is 117 cm³/mol. The first-order valence-electron chi connectivity index (χ1n) is 8.77. The van der Waals surface area contributed by atoms with Gasteiger partial charge in [0.2, 0.25) is 0 Å². The van der Waals surface area contributed by atoms with Crippen LogP contribution < -0.4 is 0 Å². The van der Waals surface area contributed by atoms with E-state index in [9.17, 15) is 0 Å². The van der Waals surface area contributed by atoms with E-state index >= 15 is 0 Å². The van der Waals surface area contributed by atoms with Crippen LogP contribution in [0.4, 0.5) is 0 Å². The van der Waals surface area contributed by atoms with Gasteiger partial charge in [-0.1, -0.05) is 0 Å². The fraction of sp³-hybridized carbons (Fsp3) is 0.300. The normalized spacial score (nSPS) is 10.8.